The zero-order valence-electron chi connectivity index (χ0n) is 8.61. The molecule has 84 valence electrons. The Labute approximate surface area is 88.2 Å². The van der Waals surface area contributed by atoms with Gasteiger partial charge in [-0.05, 0) is 31.1 Å². The highest BCUT2D eigenvalue weighted by Gasteiger charge is 2.58. The highest BCUT2D eigenvalue weighted by Crippen LogP contribution is 2.57. The van der Waals surface area contributed by atoms with E-state index in [9.17, 15) is 9.90 Å². The summed E-state index contributed by atoms with van der Waals surface area (Å²) < 4.78 is 5.68. The molecule has 2 aliphatic carbocycles. The average Bonchev–Trinajstić information content (AvgIpc) is 1.94. The SMILES string of the molecule is O=C(O)CC12CC3CC(CC(O)(C3)O1)C2. The summed E-state index contributed by atoms with van der Waals surface area (Å²) in [6, 6.07) is 0. The fourth-order valence-electron chi connectivity index (χ4n) is 4.10. The molecule has 0 radical (unpaired) electrons. The first-order chi connectivity index (χ1) is 6.99. The molecule has 2 saturated carbocycles. The lowest BCUT2D eigenvalue weighted by Crippen LogP contribution is -2.61. The summed E-state index contributed by atoms with van der Waals surface area (Å²) in [6.07, 6.45) is 4.22. The monoisotopic (exact) mass is 212 g/mol. The minimum atomic E-state index is -1.01. The minimum absolute atomic E-state index is 0.0440. The Morgan fingerprint density at radius 3 is 2.33 bits per heavy atom. The largest absolute Gasteiger partial charge is 0.481 e. The Hall–Kier alpha value is -0.610. The van der Waals surface area contributed by atoms with Crippen molar-refractivity contribution in [3.63, 3.8) is 0 Å². The van der Waals surface area contributed by atoms with Gasteiger partial charge in [-0.2, -0.15) is 0 Å². The molecule has 0 aromatic carbocycles. The third kappa shape index (κ3) is 1.47. The molecule has 2 aliphatic heterocycles. The number of rotatable bonds is 2. The van der Waals surface area contributed by atoms with Crippen LogP contribution in [0.1, 0.15) is 38.5 Å². The smallest absolute Gasteiger partial charge is 0.306 e. The van der Waals surface area contributed by atoms with Gasteiger partial charge in [0, 0.05) is 12.8 Å². The summed E-state index contributed by atoms with van der Waals surface area (Å²) >= 11 is 0. The minimum Gasteiger partial charge on any atom is -0.481 e. The molecule has 4 fully saturated rings. The van der Waals surface area contributed by atoms with Gasteiger partial charge in [-0.3, -0.25) is 4.79 Å². The van der Waals surface area contributed by atoms with Crippen LogP contribution >= 0.6 is 0 Å². The van der Waals surface area contributed by atoms with Crippen molar-refractivity contribution in [1.82, 2.24) is 0 Å². The summed E-state index contributed by atoms with van der Waals surface area (Å²) in [6.45, 7) is 0. The van der Waals surface area contributed by atoms with Crippen molar-refractivity contribution in [3.8, 4) is 0 Å². The second-order valence-corrected chi connectivity index (χ2v) is 5.59. The number of aliphatic hydroxyl groups is 1. The molecule has 4 aliphatic rings. The van der Waals surface area contributed by atoms with E-state index in [4.69, 9.17) is 9.84 Å². The molecular weight excluding hydrogens is 196 g/mol. The van der Waals surface area contributed by atoms with E-state index in [0.717, 1.165) is 19.3 Å². The predicted octanol–water partition coefficient (Wildman–Crippen LogP) is 1.13. The molecule has 0 aromatic rings. The molecule has 4 rings (SSSR count). The van der Waals surface area contributed by atoms with Crippen LogP contribution in [0.15, 0.2) is 0 Å². The molecule has 0 aromatic heterocycles. The third-order valence-corrected chi connectivity index (χ3v) is 4.08. The topological polar surface area (TPSA) is 66.8 Å². The fourth-order valence-corrected chi connectivity index (χ4v) is 4.10. The molecule has 0 spiro atoms. The number of ether oxygens (including phenoxy) is 1. The van der Waals surface area contributed by atoms with Gasteiger partial charge < -0.3 is 14.9 Å². The Morgan fingerprint density at radius 2 is 1.87 bits per heavy atom. The number of hydrogen-bond acceptors (Lipinski definition) is 3. The van der Waals surface area contributed by atoms with Crippen LogP contribution in [0.3, 0.4) is 0 Å². The first-order valence-electron chi connectivity index (χ1n) is 5.63. The van der Waals surface area contributed by atoms with E-state index in [1.165, 1.54) is 0 Å². The molecule has 2 unspecified atom stereocenters. The normalized spacial score (nSPS) is 52.1. The van der Waals surface area contributed by atoms with Gasteiger partial charge in [-0.15, -0.1) is 0 Å². The Kier molecular flexibility index (Phi) is 1.75. The van der Waals surface area contributed by atoms with Gasteiger partial charge in [-0.25, -0.2) is 0 Å². The molecule has 2 atom stereocenters. The van der Waals surface area contributed by atoms with E-state index >= 15 is 0 Å². The van der Waals surface area contributed by atoms with Crippen LogP contribution < -0.4 is 0 Å². The second-order valence-electron chi connectivity index (χ2n) is 5.59. The Bertz CT molecular complexity index is 298. The summed E-state index contributed by atoms with van der Waals surface area (Å²) in [5.41, 5.74) is -0.565. The first-order valence-corrected chi connectivity index (χ1v) is 5.63. The summed E-state index contributed by atoms with van der Waals surface area (Å²) in [7, 11) is 0. The number of carboxylic acids is 1. The zero-order chi connectivity index (χ0) is 10.7. The average molecular weight is 212 g/mol. The second kappa shape index (κ2) is 2.74. The number of carboxylic acid groups (broad SMARTS) is 1. The van der Waals surface area contributed by atoms with Crippen LogP contribution in [0.4, 0.5) is 0 Å². The highest BCUT2D eigenvalue weighted by molar-refractivity contribution is 5.68. The van der Waals surface area contributed by atoms with E-state index in [2.05, 4.69) is 0 Å². The van der Waals surface area contributed by atoms with Gasteiger partial charge in [0.05, 0.1) is 12.0 Å². The predicted molar refractivity (Wildman–Crippen MR) is 51.1 cm³/mol. The van der Waals surface area contributed by atoms with E-state index in [1.807, 2.05) is 0 Å². The van der Waals surface area contributed by atoms with Crippen molar-refractivity contribution in [2.45, 2.75) is 49.9 Å². The Balaban J connectivity index is 1.89. The van der Waals surface area contributed by atoms with E-state index in [1.54, 1.807) is 0 Å². The van der Waals surface area contributed by atoms with Crippen LogP contribution in [0, 0.1) is 11.8 Å². The van der Waals surface area contributed by atoms with Gasteiger partial charge in [0.1, 0.15) is 0 Å². The maximum Gasteiger partial charge on any atom is 0.306 e. The number of aliphatic carboxylic acids is 1. The fraction of sp³-hybridized carbons (Fsp3) is 0.909. The van der Waals surface area contributed by atoms with E-state index in [-0.39, 0.29) is 6.42 Å². The van der Waals surface area contributed by atoms with Crippen molar-refractivity contribution in [1.29, 1.82) is 0 Å². The van der Waals surface area contributed by atoms with Gasteiger partial charge >= 0.3 is 5.97 Å². The van der Waals surface area contributed by atoms with Crippen LogP contribution in [0.2, 0.25) is 0 Å². The van der Waals surface area contributed by atoms with Crippen LogP contribution in [-0.2, 0) is 9.53 Å². The lowest BCUT2D eigenvalue weighted by Gasteiger charge is -2.59. The van der Waals surface area contributed by atoms with Crippen molar-refractivity contribution in [2.75, 3.05) is 0 Å². The van der Waals surface area contributed by atoms with Crippen molar-refractivity contribution >= 4 is 5.97 Å². The molecule has 4 heteroatoms. The first kappa shape index (κ1) is 9.60. The van der Waals surface area contributed by atoms with Crippen LogP contribution in [0.5, 0.6) is 0 Å². The van der Waals surface area contributed by atoms with Gasteiger partial charge in [0.15, 0.2) is 5.79 Å². The van der Waals surface area contributed by atoms with Gasteiger partial charge in [0.2, 0.25) is 0 Å². The van der Waals surface area contributed by atoms with E-state index < -0.39 is 17.4 Å². The standard InChI is InChI=1S/C11H16O4/c12-9(13)6-10-2-7-1-8(3-10)5-11(14,4-7)15-10/h7-8,14H,1-6H2,(H,12,13). The molecule has 2 saturated heterocycles. The third-order valence-electron chi connectivity index (χ3n) is 4.08. The van der Waals surface area contributed by atoms with E-state index in [0.29, 0.717) is 24.7 Å². The molecule has 2 heterocycles. The molecule has 0 amide bonds. The molecule has 4 nitrogen and oxygen atoms in total. The molecule has 4 bridgehead atoms. The van der Waals surface area contributed by atoms with Crippen LogP contribution in [-0.4, -0.2) is 27.6 Å². The summed E-state index contributed by atoms with van der Waals surface area (Å²) in [4.78, 5) is 10.8. The molecular formula is C11H16O4. The maximum atomic E-state index is 10.8. The van der Waals surface area contributed by atoms with Gasteiger partial charge in [-0.1, -0.05) is 0 Å². The lowest BCUT2D eigenvalue weighted by atomic mass is 9.60. The van der Waals surface area contributed by atoms with Crippen molar-refractivity contribution in [3.05, 3.63) is 0 Å². The summed E-state index contributed by atoms with van der Waals surface area (Å²) in [5, 5.41) is 19.1. The lowest BCUT2D eigenvalue weighted by molar-refractivity contribution is -0.355. The molecule has 15 heavy (non-hydrogen) atoms. The van der Waals surface area contributed by atoms with Crippen LogP contribution in [0.25, 0.3) is 0 Å². The highest BCUT2D eigenvalue weighted by atomic mass is 16.6. The van der Waals surface area contributed by atoms with Gasteiger partial charge in [0.25, 0.3) is 0 Å². The number of carbonyl (C=O) groups is 1. The zero-order valence-corrected chi connectivity index (χ0v) is 8.61. The van der Waals surface area contributed by atoms with Crippen molar-refractivity contribution < 1.29 is 19.7 Å². The quantitative estimate of drug-likeness (QED) is 0.720. The summed E-state index contributed by atoms with van der Waals surface area (Å²) in [5.74, 6) is -0.897. The van der Waals surface area contributed by atoms with Crippen molar-refractivity contribution in [2.24, 2.45) is 11.8 Å². The Morgan fingerprint density at radius 1 is 1.27 bits per heavy atom. The molecule has 2 N–H and O–H groups in total. The number of hydrogen-bond donors (Lipinski definition) is 2. The maximum absolute atomic E-state index is 10.8.